The van der Waals surface area contributed by atoms with Gasteiger partial charge in [-0.1, -0.05) is 18.2 Å². The summed E-state index contributed by atoms with van der Waals surface area (Å²) in [5, 5.41) is 32.2. The number of benzene rings is 3. The number of nitrogens with zero attached hydrogens (tertiary/aromatic N) is 5. The van der Waals surface area contributed by atoms with E-state index in [-0.39, 0.29) is 27.6 Å². The maximum atomic E-state index is 13.0. The Morgan fingerprint density at radius 2 is 1.31 bits per heavy atom. The second-order valence-electron chi connectivity index (χ2n) is 6.10. The molecule has 3 rings (SSSR count). The zero-order valence-corrected chi connectivity index (χ0v) is 16.9. The van der Waals surface area contributed by atoms with E-state index in [9.17, 15) is 28.6 Å². The van der Waals surface area contributed by atoms with Crippen molar-refractivity contribution in [1.82, 2.24) is 0 Å². The van der Waals surface area contributed by atoms with Gasteiger partial charge in [0.1, 0.15) is 0 Å². The predicted octanol–water partition coefficient (Wildman–Crippen LogP) is 4.44. The lowest BCUT2D eigenvalue weighted by atomic mass is 10.3. The Hall–Kier alpha value is -4.52. The predicted molar refractivity (Wildman–Crippen MR) is 115 cm³/mol. The zero-order valence-electron chi connectivity index (χ0n) is 16.1. The molecule has 0 bridgehead atoms. The van der Waals surface area contributed by atoms with Gasteiger partial charge < -0.3 is 0 Å². The van der Waals surface area contributed by atoms with Gasteiger partial charge in [-0.25, -0.2) is 8.42 Å². The van der Waals surface area contributed by atoms with Crippen LogP contribution in [0.25, 0.3) is 0 Å². The van der Waals surface area contributed by atoms with Crippen molar-refractivity contribution in [2.24, 2.45) is 15.3 Å². The number of hydrazone groups is 1. The molecule has 0 spiro atoms. The second kappa shape index (κ2) is 9.53. The van der Waals surface area contributed by atoms with Crippen LogP contribution in [0.5, 0.6) is 0 Å². The van der Waals surface area contributed by atoms with Crippen LogP contribution in [0.1, 0.15) is 0 Å². The summed E-state index contributed by atoms with van der Waals surface area (Å²) < 4.78 is 25.9. The fourth-order valence-corrected chi connectivity index (χ4v) is 3.39. The second-order valence-corrected chi connectivity index (χ2v) is 7.94. The van der Waals surface area contributed by atoms with Crippen molar-refractivity contribution in [3.05, 3.63) is 99.1 Å². The van der Waals surface area contributed by atoms with E-state index in [1.54, 1.807) is 6.07 Å². The van der Waals surface area contributed by atoms with E-state index in [0.29, 0.717) is 0 Å². The number of hydrogen-bond donors (Lipinski definition) is 1. The summed E-state index contributed by atoms with van der Waals surface area (Å²) in [5.41, 5.74) is 2.64. The molecule has 0 amide bonds. The van der Waals surface area contributed by atoms with E-state index in [4.69, 9.17) is 0 Å². The van der Waals surface area contributed by atoms with Gasteiger partial charge >= 0.3 is 0 Å². The highest BCUT2D eigenvalue weighted by molar-refractivity contribution is 8.06. The highest BCUT2D eigenvalue weighted by Crippen LogP contribution is 2.21. The largest absolute Gasteiger partial charge is 0.289 e. The third-order valence-electron chi connectivity index (χ3n) is 3.96. The van der Waals surface area contributed by atoms with Crippen LogP contribution in [0, 0.1) is 20.2 Å². The summed E-state index contributed by atoms with van der Waals surface area (Å²) in [6, 6.07) is 17.6. The van der Waals surface area contributed by atoms with Gasteiger partial charge in [0.25, 0.3) is 16.5 Å². The number of azo groups is 1. The molecule has 0 aliphatic heterocycles. The van der Waals surface area contributed by atoms with Gasteiger partial charge in [0.15, 0.2) is 0 Å². The van der Waals surface area contributed by atoms with Gasteiger partial charge in [0.05, 0.1) is 26.1 Å². The Balaban J connectivity index is 1.94. The Labute approximate surface area is 181 Å². The van der Waals surface area contributed by atoms with Gasteiger partial charge in [0, 0.05) is 24.3 Å². The van der Waals surface area contributed by atoms with Gasteiger partial charge in [0.2, 0.25) is 9.84 Å². The summed E-state index contributed by atoms with van der Waals surface area (Å²) in [7, 11) is -4.17. The first-order valence-corrected chi connectivity index (χ1v) is 10.3. The Morgan fingerprint density at radius 3 is 1.84 bits per heavy atom. The van der Waals surface area contributed by atoms with Crippen LogP contribution in [0.2, 0.25) is 0 Å². The molecule has 0 fully saturated rings. The third kappa shape index (κ3) is 5.34. The molecule has 0 radical (unpaired) electrons. The Kier molecular flexibility index (Phi) is 6.60. The minimum Gasteiger partial charge on any atom is -0.276 e. The average Bonchev–Trinajstić information content (AvgIpc) is 2.80. The molecule has 13 heteroatoms. The number of hydrogen-bond acceptors (Lipinski definition) is 9. The quantitative estimate of drug-likeness (QED) is 0.188. The van der Waals surface area contributed by atoms with Gasteiger partial charge in [-0.15, -0.1) is 15.3 Å². The van der Waals surface area contributed by atoms with Crippen molar-refractivity contribution in [3.63, 3.8) is 0 Å². The number of nitro benzene ring substituents is 2. The van der Waals surface area contributed by atoms with E-state index in [2.05, 4.69) is 20.8 Å². The van der Waals surface area contributed by atoms with E-state index in [1.165, 1.54) is 72.8 Å². The number of amidine groups is 1. The zero-order chi connectivity index (χ0) is 23.1. The molecule has 32 heavy (non-hydrogen) atoms. The molecule has 0 aromatic heterocycles. The molecule has 0 saturated carbocycles. The van der Waals surface area contributed by atoms with Gasteiger partial charge in [-0.3, -0.25) is 25.7 Å². The van der Waals surface area contributed by atoms with E-state index < -0.39 is 24.9 Å². The van der Waals surface area contributed by atoms with Crippen LogP contribution in [0.3, 0.4) is 0 Å². The highest BCUT2D eigenvalue weighted by Gasteiger charge is 2.23. The maximum absolute atomic E-state index is 13.0. The van der Waals surface area contributed by atoms with Crippen LogP contribution in [0.15, 0.2) is 99.1 Å². The number of nitro groups is 2. The first-order chi connectivity index (χ1) is 15.3. The van der Waals surface area contributed by atoms with E-state index in [0.717, 1.165) is 0 Å². The van der Waals surface area contributed by atoms with E-state index in [1.807, 2.05) is 0 Å². The molecule has 3 aromatic rings. The lowest BCUT2D eigenvalue weighted by molar-refractivity contribution is -0.385. The standard InChI is InChI=1S/C19H14N6O6S/c26-24(27)16-10-6-14(7-11-16)20-22-19(32(30,31)18-4-2-1-3-5-18)23-21-15-8-12-17(13-9-15)25(28)29/h1-13,20H/b22-19-,23-21?. The summed E-state index contributed by atoms with van der Waals surface area (Å²) in [6.07, 6.45) is 0. The summed E-state index contributed by atoms with van der Waals surface area (Å²) in [6.45, 7) is 0. The fourth-order valence-electron chi connectivity index (χ4n) is 2.35. The van der Waals surface area contributed by atoms with Crippen molar-refractivity contribution < 1.29 is 18.3 Å². The topological polar surface area (TPSA) is 170 Å². The molecule has 0 atom stereocenters. The van der Waals surface area contributed by atoms with Crippen molar-refractivity contribution in [2.45, 2.75) is 4.90 Å². The van der Waals surface area contributed by atoms with Crippen LogP contribution < -0.4 is 5.43 Å². The van der Waals surface area contributed by atoms with Crippen LogP contribution in [0.4, 0.5) is 22.7 Å². The maximum Gasteiger partial charge on any atom is 0.289 e. The number of anilines is 1. The molecule has 1 N–H and O–H groups in total. The number of sulfone groups is 1. The molecule has 3 aromatic carbocycles. The lowest BCUT2D eigenvalue weighted by Crippen LogP contribution is -2.14. The smallest absolute Gasteiger partial charge is 0.276 e. The van der Waals surface area contributed by atoms with E-state index >= 15 is 0 Å². The minimum atomic E-state index is -4.17. The number of rotatable bonds is 6. The molecular formula is C19H14N6O6S. The number of non-ortho nitro benzene ring substituents is 2. The molecule has 12 nitrogen and oxygen atoms in total. The highest BCUT2D eigenvalue weighted by atomic mass is 32.2. The normalized spacial score (nSPS) is 11.9. The van der Waals surface area contributed by atoms with Crippen molar-refractivity contribution in [2.75, 3.05) is 5.43 Å². The molecule has 0 unspecified atom stereocenters. The first kappa shape index (κ1) is 22.2. The average molecular weight is 454 g/mol. The molecule has 0 saturated heterocycles. The monoisotopic (exact) mass is 454 g/mol. The van der Waals surface area contributed by atoms with Crippen molar-refractivity contribution >= 4 is 37.8 Å². The molecule has 0 heterocycles. The Morgan fingerprint density at radius 1 is 0.781 bits per heavy atom. The molecular weight excluding hydrogens is 440 g/mol. The van der Waals surface area contributed by atoms with Crippen LogP contribution in [-0.2, 0) is 9.84 Å². The van der Waals surface area contributed by atoms with Crippen molar-refractivity contribution in [3.8, 4) is 0 Å². The molecule has 0 aliphatic rings. The minimum absolute atomic E-state index is 0.0769. The lowest BCUT2D eigenvalue weighted by Gasteiger charge is -2.05. The SMILES string of the molecule is O=[N+]([O-])c1ccc(N=N/C(=N/Nc2ccc([N+](=O)[O-])cc2)S(=O)(=O)c2ccccc2)cc1. The summed E-state index contributed by atoms with van der Waals surface area (Å²) in [5.74, 6) is 0. The van der Waals surface area contributed by atoms with Crippen LogP contribution in [-0.4, -0.2) is 23.4 Å². The molecule has 0 aliphatic carbocycles. The van der Waals surface area contributed by atoms with Gasteiger partial charge in [-0.2, -0.15) is 0 Å². The first-order valence-electron chi connectivity index (χ1n) is 8.82. The number of nitrogens with one attached hydrogen (secondary N) is 1. The van der Waals surface area contributed by atoms with Crippen LogP contribution >= 0.6 is 0 Å². The fraction of sp³-hybridized carbons (Fsp3) is 0. The van der Waals surface area contributed by atoms with Gasteiger partial charge in [-0.05, 0) is 36.4 Å². The summed E-state index contributed by atoms with van der Waals surface area (Å²) >= 11 is 0. The van der Waals surface area contributed by atoms with Crippen molar-refractivity contribution in [1.29, 1.82) is 0 Å². The third-order valence-corrected chi connectivity index (χ3v) is 5.51. The summed E-state index contributed by atoms with van der Waals surface area (Å²) in [4.78, 5) is 20.3. The molecule has 162 valence electrons. The Bertz CT molecular complexity index is 1290.